The second kappa shape index (κ2) is 6.87. The van der Waals surface area contributed by atoms with Crippen molar-refractivity contribution in [3.05, 3.63) is 63.7 Å². The highest BCUT2D eigenvalue weighted by Crippen LogP contribution is 2.28. The molecule has 26 heavy (non-hydrogen) atoms. The zero-order valence-corrected chi connectivity index (χ0v) is 13.9. The monoisotopic (exact) mass is 352 g/mol. The van der Waals surface area contributed by atoms with Gasteiger partial charge in [0.1, 0.15) is 12.4 Å². The number of nitro groups is 1. The molecule has 4 rings (SSSR count). The molecular formula is C17H16N6O3. The molecule has 2 aromatic heterocycles. The first-order chi connectivity index (χ1) is 12.7. The first-order valence-corrected chi connectivity index (χ1v) is 8.34. The number of benzene rings is 1. The maximum absolute atomic E-state index is 10.8. The third-order valence-corrected chi connectivity index (χ3v) is 4.39. The third kappa shape index (κ3) is 3.10. The smallest absolute Gasteiger partial charge is 0.269 e. The highest BCUT2D eigenvalue weighted by atomic mass is 16.6. The Morgan fingerprint density at radius 1 is 1.15 bits per heavy atom. The molecule has 0 saturated carbocycles. The Labute approximate surface area is 148 Å². The van der Waals surface area contributed by atoms with Gasteiger partial charge >= 0.3 is 0 Å². The molecule has 3 aromatic rings. The van der Waals surface area contributed by atoms with Crippen molar-refractivity contribution in [2.45, 2.75) is 32.3 Å². The van der Waals surface area contributed by atoms with Gasteiger partial charge in [-0.25, -0.2) is 0 Å². The lowest BCUT2D eigenvalue weighted by atomic mass is 9.95. The van der Waals surface area contributed by atoms with Gasteiger partial charge in [0.2, 0.25) is 0 Å². The van der Waals surface area contributed by atoms with Crippen LogP contribution < -0.4 is 4.74 Å². The number of ether oxygens (including phenoxy) is 1. The summed E-state index contributed by atoms with van der Waals surface area (Å²) in [6.07, 6.45) is 6.00. The van der Waals surface area contributed by atoms with Crippen molar-refractivity contribution < 1.29 is 9.66 Å². The molecule has 1 aliphatic rings. The van der Waals surface area contributed by atoms with Gasteiger partial charge in [-0.3, -0.25) is 15.1 Å². The van der Waals surface area contributed by atoms with Gasteiger partial charge in [-0.1, -0.05) is 0 Å². The maximum atomic E-state index is 10.8. The second-order valence-corrected chi connectivity index (χ2v) is 6.01. The molecule has 0 fully saturated rings. The topological polar surface area (TPSA) is 109 Å². The number of hydrogen-bond acceptors (Lipinski definition) is 7. The Bertz CT molecular complexity index is 938. The van der Waals surface area contributed by atoms with Crippen molar-refractivity contribution in [3.63, 3.8) is 0 Å². The molecule has 0 atom stereocenters. The van der Waals surface area contributed by atoms with Gasteiger partial charge in [0.15, 0.2) is 5.82 Å². The molecule has 2 heterocycles. The first-order valence-electron chi connectivity index (χ1n) is 8.34. The van der Waals surface area contributed by atoms with Crippen LogP contribution in [0.2, 0.25) is 0 Å². The van der Waals surface area contributed by atoms with E-state index in [1.54, 1.807) is 18.3 Å². The number of rotatable bonds is 5. The highest BCUT2D eigenvalue weighted by Gasteiger charge is 2.17. The second-order valence-electron chi connectivity index (χ2n) is 6.01. The molecule has 0 radical (unpaired) electrons. The Kier molecular flexibility index (Phi) is 4.26. The van der Waals surface area contributed by atoms with E-state index in [2.05, 4.69) is 20.5 Å². The van der Waals surface area contributed by atoms with E-state index in [4.69, 9.17) is 4.74 Å². The summed E-state index contributed by atoms with van der Waals surface area (Å²) in [5.74, 6) is 1.33. The number of nitrogens with zero attached hydrogens (tertiary/aromatic N) is 6. The molecule has 0 amide bonds. The van der Waals surface area contributed by atoms with Gasteiger partial charge in [0.05, 0.1) is 10.6 Å². The molecule has 132 valence electrons. The number of aryl methyl sites for hydroxylation is 1. The van der Waals surface area contributed by atoms with Crippen LogP contribution in [0.15, 0.2) is 36.5 Å². The molecule has 9 heteroatoms. The van der Waals surface area contributed by atoms with Crippen molar-refractivity contribution in [2.75, 3.05) is 0 Å². The van der Waals surface area contributed by atoms with Crippen molar-refractivity contribution in [1.29, 1.82) is 0 Å². The minimum absolute atomic E-state index is 0.0167. The van der Waals surface area contributed by atoms with Crippen LogP contribution in [0.25, 0.3) is 5.69 Å². The fourth-order valence-corrected chi connectivity index (χ4v) is 3.08. The van der Waals surface area contributed by atoms with Crippen LogP contribution in [0.1, 0.15) is 29.9 Å². The van der Waals surface area contributed by atoms with Crippen molar-refractivity contribution in [2.24, 2.45) is 0 Å². The van der Waals surface area contributed by atoms with Gasteiger partial charge in [-0.05, 0) is 54.3 Å². The van der Waals surface area contributed by atoms with E-state index in [0.717, 1.165) is 42.7 Å². The number of pyridine rings is 1. The summed E-state index contributed by atoms with van der Waals surface area (Å²) in [7, 11) is 0. The Morgan fingerprint density at radius 3 is 2.77 bits per heavy atom. The Morgan fingerprint density at radius 2 is 1.96 bits per heavy atom. The summed E-state index contributed by atoms with van der Waals surface area (Å²) >= 11 is 0. The average molecular weight is 352 g/mol. The number of non-ortho nitro benzene ring substituents is 1. The standard InChI is InChI=1S/C17H16N6O3/c24-23(25)13-7-5-12(6-8-13)22-17(19-20-21-22)11-26-16-9-10-18-15-4-2-1-3-14(15)16/h5-10H,1-4,11H2. The molecule has 0 aliphatic heterocycles. The number of fused-ring (bicyclic) bond motifs is 1. The number of nitro benzene ring substituents is 1. The largest absolute Gasteiger partial charge is 0.485 e. The quantitative estimate of drug-likeness (QED) is 0.512. The predicted octanol–water partition coefficient (Wildman–Crippen LogP) is 2.42. The SMILES string of the molecule is O=[N+]([O-])c1ccc(-n2nnnc2COc2ccnc3c2CCCC3)cc1. The summed E-state index contributed by atoms with van der Waals surface area (Å²) in [5.41, 5.74) is 2.91. The third-order valence-electron chi connectivity index (χ3n) is 4.39. The molecule has 9 nitrogen and oxygen atoms in total. The van der Waals surface area contributed by atoms with Gasteiger partial charge in [0.25, 0.3) is 5.69 Å². The zero-order chi connectivity index (χ0) is 17.9. The lowest BCUT2D eigenvalue weighted by molar-refractivity contribution is -0.384. The predicted molar refractivity (Wildman–Crippen MR) is 91.0 cm³/mol. The molecule has 0 spiro atoms. The van der Waals surface area contributed by atoms with Crippen LogP contribution >= 0.6 is 0 Å². The number of aromatic nitrogens is 5. The highest BCUT2D eigenvalue weighted by molar-refractivity contribution is 5.41. The fraction of sp³-hybridized carbons (Fsp3) is 0.294. The number of tetrazole rings is 1. The van der Waals surface area contributed by atoms with Crippen molar-refractivity contribution in [1.82, 2.24) is 25.2 Å². The molecule has 1 aliphatic carbocycles. The van der Waals surface area contributed by atoms with Crippen LogP contribution in [0, 0.1) is 10.1 Å². The van der Waals surface area contributed by atoms with Gasteiger partial charge < -0.3 is 4.74 Å². The van der Waals surface area contributed by atoms with Crippen LogP contribution in [-0.4, -0.2) is 30.1 Å². The van der Waals surface area contributed by atoms with Gasteiger partial charge in [-0.15, -0.1) is 5.10 Å². The molecule has 0 saturated heterocycles. The lowest BCUT2D eigenvalue weighted by Crippen LogP contribution is -2.11. The zero-order valence-electron chi connectivity index (χ0n) is 13.9. The van der Waals surface area contributed by atoms with E-state index < -0.39 is 4.92 Å². The molecule has 1 aromatic carbocycles. The molecule has 0 bridgehead atoms. The van der Waals surface area contributed by atoms with Crippen LogP contribution in [-0.2, 0) is 19.4 Å². The van der Waals surface area contributed by atoms with E-state index in [-0.39, 0.29) is 12.3 Å². The summed E-state index contributed by atoms with van der Waals surface area (Å²) < 4.78 is 7.47. The summed E-state index contributed by atoms with van der Waals surface area (Å²) in [4.78, 5) is 14.8. The van der Waals surface area contributed by atoms with E-state index in [0.29, 0.717) is 11.5 Å². The molecule has 0 N–H and O–H groups in total. The van der Waals surface area contributed by atoms with Gasteiger partial charge in [-0.2, -0.15) is 4.68 Å². The van der Waals surface area contributed by atoms with E-state index >= 15 is 0 Å². The van der Waals surface area contributed by atoms with Crippen LogP contribution in [0.5, 0.6) is 5.75 Å². The summed E-state index contributed by atoms with van der Waals surface area (Å²) in [6.45, 7) is 0.195. The first kappa shape index (κ1) is 16.1. The maximum Gasteiger partial charge on any atom is 0.269 e. The molecular weight excluding hydrogens is 336 g/mol. The normalized spacial score (nSPS) is 13.2. The Hall–Kier alpha value is -3.36. The molecule has 0 unspecified atom stereocenters. The fourth-order valence-electron chi connectivity index (χ4n) is 3.08. The van der Waals surface area contributed by atoms with E-state index in [1.165, 1.54) is 16.8 Å². The van der Waals surface area contributed by atoms with Gasteiger partial charge in [0, 0.05) is 29.6 Å². The minimum Gasteiger partial charge on any atom is -0.485 e. The Balaban J connectivity index is 1.54. The van der Waals surface area contributed by atoms with Crippen LogP contribution in [0.4, 0.5) is 5.69 Å². The van der Waals surface area contributed by atoms with E-state index in [1.807, 2.05) is 6.07 Å². The lowest BCUT2D eigenvalue weighted by Gasteiger charge is -2.18. The summed E-state index contributed by atoms with van der Waals surface area (Å²) in [5, 5.41) is 22.4. The van der Waals surface area contributed by atoms with Crippen molar-refractivity contribution in [3.8, 4) is 11.4 Å². The van der Waals surface area contributed by atoms with E-state index in [9.17, 15) is 10.1 Å². The summed E-state index contributed by atoms with van der Waals surface area (Å²) in [6, 6.07) is 7.91. The van der Waals surface area contributed by atoms with Crippen molar-refractivity contribution >= 4 is 5.69 Å². The number of hydrogen-bond donors (Lipinski definition) is 0. The minimum atomic E-state index is -0.444. The van der Waals surface area contributed by atoms with Crippen LogP contribution in [0.3, 0.4) is 0 Å². The average Bonchev–Trinajstić information content (AvgIpc) is 3.15.